The van der Waals surface area contributed by atoms with Crippen LogP contribution >= 0.6 is 0 Å². The van der Waals surface area contributed by atoms with E-state index in [1.165, 1.54) is 55.8 Å². The van der Waals surface area contributed by atoms with Gasteiger partial charge >= 0.3 is 0 Å². The normalized spacial score (nSPS) is 11.3. The maximum absolute atomic E-state index is 8.49. The van der Waals surface area contributed by atoms with Crippen molar-refractivity contribution in [2.45, 2.75) is 59.3 Å². The zero-order chi connectivity index (χ0) is 14.4. The number of rotatable bonds is 9. The predicted octanol–water partition coefficient (Wildman–Crippen LogP) is -0.751. The Kier molecular flexibility index (Phi) is 16.1. The summed E-state index contributed by atoms with van der Waals surface area (Å²) < 4.78 is 34.0. The Morgan fingerprint density at radius 1 is 0.667 bits per heavy atom. The van der Waals surface area contributed by atoms with Crippen molar-refractivity contribution in [3.8, 4) is 0 Å². The molecule has 4 nitrogen and oxygen atoms in total. The SMILES string of the molecule is CCCC[S+](CCCC)CCCC.[O-][Cl+3]([O-])([O-])[O-]. The van der Waals surface area contributed by atoms with Gasteiger partial charge in [0.2, 0.25) is 0 Å². The fraction of sp³-hybridized carbons (Fsp3) is 1.00. The molecule has 0 aromatic heterocycles. The van der Waals surface area contributed by atoms with Crippen LogP contribution in [-0.4, -0.2) is 17.3 Å². The molecule has 0 rings (SSSR count). The third-order valence-corrected chi connectivity index (χ3v) is 4.96. The van der Waals surface area contributed by atoms with Crippen LogP contribution in [0.1, 0.15) is 59.3 Å². The minimum Gasteiger partial charge on any atom is -0.222 e. The minimum absolute atomic E-state index is 0.776. The first kappa shape index (κ1) is 20.8. The van der Waals surface area contributed by atoms with Gasteiger partial charge in [-0.15, -0.1) is 10.2 Å². The first-order valence-corrected chi connectivity index (χ1v) is 9.57. The second kappa shape index (κ2) is 13.9. The van der Waals surface area contributed by atoms with Crippen molar-refractivity contribution in [3.63, 3.8) is 0 Å². The standard InChI is InChI=1S/C12H27S.ClHO4/c1-4-7-10-13(11-8-5-2)12-9-6-3;2-1(3,4)5/h4-12H2,1-3H3;(H,2,3,4,5)/q+1;/p-1. The highest BCUT2D eigenvalue weighted by atomic mass is 35.7. The van der Waals surface area contributed by atoms with E-state index in [2.05, 4.69) is 20.8 Å². The van der Waals surface area contributed by atoms with Crippen molar-refractivity contribution in [1.82, 2.24) is 0 Å². The van der Waals surface area contributed by atoms with Crippen molar-refractivity contribution in [3.05, 3.63) is 0 Å². The molecule has 0 bridgehead atoms. The lowest BCUT2D eigenvalue weighted by Crippen LogP contribution is -2.68. The van der Waals surface area contributed by atoms with Gasteiger partial charge in [-0.3, -0.25) is 0 Å². The van der Waals surface area contributed by atoms with Crippen molar-refractivity contribution >= 4 is 10.9 Å². The third kappa shape index (κ3) is 25.4. The van der Waals surface area contributed by atoms with E-state index in [0.29, 0.717) is 0 Å². The van der Waals surface area contributed by atoms with Gasteiger partial charge in [-0.25, -0.2) is 18.6 Å². The zero-order valence-corrected chi connectivity index (χ0v) is 13.4. The Morgan fingerprint density at radius 3 is 1.06 bits per heavy atom. The van der Waals surface area contributed by atoms with E-state index in [1.807, 2.05) is 0 Å². The molecular weight excluding hydrogens is 276 g/mol. The minimum atomic E-state index is -4.94. The number of halogens is 1. The smallest absolute Gasteiger partial charge is 0.108 e. The molecule has 0 amide bonds. The van der Waals surface area contributed by atoms with Gasteiger partial charge in [-0.05, 0) is 30.2 Å². The van der Waals surface area contributed by atoms with Gasteiger partial charge in [-0.1, -0.05) is 40.0 Å². The van der Waals surface area contributed by atoms with Crippen LogP contribution in [0.2, 0.25) is 0 Å². The van der Waals surface area contributed by atoms with E-state index >= 15 is 0 Å². The molecule has 0 aliphatic carbocycles. The molecule has 112 valence electrons. The monoisotopic (exact) mass is 302 g/mol. The van der Waals surface area contributed by atoms with Crippen molar-refractivity contribution in [2.24, 2.45) is 0 Å². The average Bonchev–Trinajstić information content (AvgIpc) is 2.26. The van der Waals surface area contributed by atoms with E-state index < -0.39 is 10.2 Å². The molecule has 0 unspecified atom stereocenters. The summed E-state index contributed by atoms with van der Waals surface area (Å²) in [5.41, 5.74) is 0. The van der Waals surface area contributed by atoms with Gasteiger partial charge in [0.1, 0.15) is 17.3 Å². The van der Waals surface area contributed by atoms with Gasteiger partial charge in [0.25, 0.3) is 0 Å². The van der Waals surface area contributed by atoms with E-state index in [0.717, 1.165) is 10.9 Å². The summed E-state index contributed by atoms with van der Waals surface area (Å²) in [6, 6.07) is 0. The van der Waals surface area contributed by atoms with Crippen LogP contribution in [-0.2, 0) is 10.9 Å². The Morgan fingerprint density at radius 2 is 0.889 bits per heavy atom. The highest BCUT2D eigenvalue weighted by molar-refractivity contribution is 7.96. The number of unbranched alkanes of at least 4 members (excludes halogenated alkanes) is 3. The summed E-state index contributed by atoms with van der Waals surface area (Å²) in [5.74, 6) is 4.53. The fourth-order valence-corrected chi connectivity index (χ4v) is 4.05. The Bertz CT molecular complexity index is 140. The average molecular weight is 303 g/mol. The molecule has 18 heavy (non-hydrogen) atoms. The van der Waals surface area contributed by atoms with Gasteiger partial charge in [0.15, 0.2) is 0 Å². The van der Waals surface area contributed by atoms with E-state index in [9.17, 15) is 0 Å². The molecule has 0 aromatic rings. The van der Waals surface area contributed by atoms with Crippen LogP contribution in [0.3, 0.4) is 0 Å². The molecule has 0 atom stereocenters. The molecule has 0 aliphatic heterocycles. The predicted molar refractivity (Wildman–Crippen MR) is 66.7 cm³/mol. The van der Waals surface area contributed by atoms with Crippen LogP contribution in [0.5, 0.6) is 0 Å². The highest BCUT2D eigenvalue weighted by Crippen LogP contribution is 2.08. The zero-order valence-electron chi connectivity index (χ0n) is 11.8. The first-order valence-electron chi connectivity index (χ1n) is 6.60. The highest BCUT2D eigenvalue weighted by Gasteiger charge is 2.15. The molecule has 0 aromatic carbocycles. The Labute approximate surface area is 116 Å². The maximum Gasteiger partial charge on any atom is 0.108 e. The molecule has 0 N–H and O–H groups in total. The molecule has 0 spiro atoms. The van der Waals surface area contributed by atoms with Crippen LogP contribution in [0.4, 0.5) is 0 Å². The van der Waals surface area contributed by atoms with Gasteiger partial charge in [0, 0.05) is 0 Å². The number of hydrogen-bond acceptors (Lipinski definition) is 4. The summed E-state index contributed by atoms with van der Waals surface area (Å²) in [6.07, 6.45) is 8.49. The van der Waals surface area contributed by atoms with Crippen LogP contribution in [0.25, 0.3) is 0 Å². The summed E-state index contributed by atoms with van der Waals surface area (Å²) in [6.45, 7) is 6.92. The largest absolute Gasteiger partial charge is 0.222 e. The second-order valence-electron chi connectivity index (χ2n) is 4.16. The fourth-order valence-electron chi connectivity index (χ4n) is 1.35. The second-order valence-corrected chi connectivity index (χ2v) is 7.37. The lowest BCUT2D eigenvalue weighted by molar-refractivity contribution is -2.00. The molecule has 0 radical (unpaired) electrons. The van der Waals surface area contributed by atoms with E-state index in [1.54, 1.807) is 0 Å². The molecular formula is C12H27ClO4S. The summed E-state index contributed by atoms with van der Waals surface area (Å²) in [7, 11) is -4.17. The number of hydrogen-bond donors (Lipinski definition) is 0. The van der Waals surface area contributed by atoms with Crippen molar-refractivity contribution in [2.75, 3.05) is 17.3 Å². The van der Waals surface area contributed by atoms with Crippen LogP contribution in [0.15, 0.2) is 0 Å². The molecule has 0 fully saturated rings. The summed E-state index contributed by atoms with van der Waals surface area (Å²) in [5, 5.41) is 0. The molecule has 0 heterocycles. The van der Waals surface area contributed by atoms with E-state index in [-0.39, 0.29) is 0 Å². The molecule has 0 aliphatic rings. The van der Waals surface area contributed by atoms with Crippen LogP contribution in [0, 0.1) is 10.2 Å². The topological polar surface area (TPSA) is 92.2 Å². The Hall–Kier alpha value is 0.480. The van der Waals surface area contributed by atoms with Gasteiger partial charge < -0.3 is 0 Å². The van der Waals surface area contributed by atoms with Crippen molar-refractivity contribution < 1.29 is 28.9 Å². The quantitative estimate of drug-likeness (QED) is 0.524. The molecule has 0 saturated carbocycles. The van der Waals surface area contributed by atoms with Gasteiger partial charge in [-0.2, -0.15) is 0 Å². The summed E-state index contributed by atoms with van der Waals surface area (Å²) in [4.78, 5) is 0. The van der Waals surface area contributed by atoms with Crippen LogP contribution < -0.4 is 18.6 Å². The summed E-state index contributed by atoms with van der Waals surface area (Å²) >= 11 is 0. The lowest BCUT2D eigenvalue weighted by atomic mass is 10.4. The maximum atomic E-state index is 8.49. The molecule has 6 heteroatoms. The van der Waals surface area contributed by atoms with Gasteiger partial charge in [0.05, 0.1) is 0 Å². The first-order chi connectivity index (χ1) is 8.35. The van der Waals surface area contributed by atoms with Crippen molar-refractivity contribution in [1.29, 1.82) is 0 Å². The van der Waals surface area contributed by atoms with E-state index in [4.69, 9.17) is 18.6 Å². The molecule has 0 saturated heterocycles. The Balaban J connectivity index is 0. The lowest BCUT2D eigenvalue weighted by Gasteiger charge is -2.17. The third-order valence-electron chi connectivity index (χ3n) is 2.36.